The number of fused-ring (bicyclic) bond motifs is 1. The first-order valence-corrected chi connectivity index (χ1v) is 8.79. The first-order chi connectivity index (χ1) is 12.7. The molecule has 1 aliphatic heterocycles. The van der Waals surface area contributed by atoms with Gasteiger partial charge in [-0.3, -0.25) is 4.90 Å². The van der Waals surface area contributed by atoms with Gasteiger partial charge in [0.1, 0.15) is 5.82 Å². The summed E-state index contributed by atoms with van der Waals surface area (Å²) >= 11 is 0. The minimum Gasteiger partial charge on any atom is -0.454 e. The van der Waals surface area contributed by atoms with Crippen molar-refractivity contribution in [3.63, 3.8) is 0 Å². The summed E-state index contributed by atoms with van der Waals surface area (Å²) in [6, 6.07) is 12.5. The number of rotatable bonds is 9. The molecule has 1 N–H and O–H groups in total. The first-order valence-electron chi connectivity index (χ1n) is 8.79. The van der Waals surface area contributed by atoms with Gasteiger partial charge in [0.25, 0.3) is 0 Å². The predicted octanol–water partition coefficient (Wildman–Crippen LogP) is 3.88. The molecule has 0 aromatic heterocycles. The Hall–Kier alpha value is -2.37. The van der Waals surface area contributed by atoms with E-state index in [0.717, 1.165) is 23.5 Å². The second-order valence-corrected chi connectivity index (χ2v) is 6.47. The molecule has 1 atom stereocenters. The molecular formula is C21H24FNO3. The van der Waals surface area contributed by atoms with Crippen LogP contribution in [0.2, 0.25) is 0 Å². The molecule has 3 rings (SSSR count). The summed E-state index contributed by atoms with van der Waals surface area (Å²) in [6.45, 7) is 5.38. The fourth-order valence-electron chi connectivity index (χ4n) is 3.05. The summed E-state index contributed by atoms with van der Waals surface area (Å²) in [5, 5.41) is 10.3. The Morgan fingerprint density at radius 2 is 1.96 bits per heavy atom. The molecule has 1 aliphatic rings. The van der Waals surface area contributed by atoms with Crippen molar-refractivity contribution in [2.24, 2.45) is 0 Å². The maximum absolute atomic E-state index is 14.1. The molecule has 0 fully saturated rings. The van der Waals surface area contributed by atoms with Crippen LogP contribution in [0.5, 0.6) is 11.5 Å². The maximum atomic E-state index is 14.1. The molecule has 2 aromatic carbocycles. The van der Waals surface area contributed by atoms with Crippen molar-refractivity contribution in [1.82, 2.24) is 4.90 Å². The van der Waals surface area contributed by atoms with Crippen molar-refractivity contribution in [2.75, 3.05) is 13.3 Å². The van der Waals surface area contributed by atoms with Crippen LogP contribution in [0, 0.1) is 5.82 Å². The Morgan fingerprint density at radius 3 is 2.77 bits per heavy atom. The molecule has 0 spiro atoms. The van der Waals surface area contributed by atoms with E-state index in [9.17, 15) is 9.50 Å². The molecular weight excluding hydrogens is 333 g/mol. The highest BCUT2D eigenvalue weighted by Crippen LogP contribution is 2.33. The standard InChI is InChI=1S/C21H24FNO3/c1-2-3-7-18(24)14-23(13-17-6-4-5-8-19(17)22)12-16-9-10-20-21(11-16)26-15-25-20/h2,4-6,8-11,18,24H,1,3,7,12-15H2. The molecule has 0 amide bonds. The number of aliphatic hydroxyl groups is 1. The number of hydrogen-bond acceptors (Lipinski definition) is 4. The monoisotopic (exact) mass is 357 g/mol. The fraction of sp³-hybridized carbons (Fsp3) is 0.333. The zero-order valence-corrected chi connectivity index (χ0v) is 14.7. The number of ether oxygens (including phenoxy) is 2. The molecule has 1 heterocycles. The van der Waals surface area contributed by atoms with E-state index < -0.39 is 6.10 Å². The van der Waals surface area contributed by atoms with E-state index >= 15 is 0 Å². The minimum absolute atomic E-state index is 0.233. The number of allylic oxidation sites excluding steroid dienone is 1. The van der Waals surface area contributed by atoms with Crippen LogP contribution in [0.15, 0.2) is 55.1 Å². The van der Waals surface area contributed by atoms with E-state index in [-0.39, 0.29) is 12.6 Å². The van der Waals surface area contributed by atoms with Gasteiger partial charge in [-0.15, -0.1) is 6.58 Å². The van der Waals surface area contributed by atoms with Crippen molar-refractivity contribution >= 4 is 0 Å². The van der Waals surface area contributed by atoms with E-state index in [2.05, 4.69) is 6.58 Å². The van der Waals surface area contributed by atoms with Gasteiger partial charge in [0.15, 0.2) is 11.5 Å². The fourth-order valence-corrected chi connectivity index (χ4v) is 3.05. The molecule has 0 saturated heterocycles. The van der Waals surface area contributed by atoms with Gasteiger partial charge in [-0.1, -0.05) is 30.3 Å². The lowest BCUT2D eigenvalue weighted by Gasteiger charge is -2.25. The average molecular weight is 357 g/mol. The Labute approximate surface area is 153 Å². The van der Waals surface area contributed by atoms with Crippen LogP contribution in [-0.2, 0) is 13.1 Å². The number of hydrogen-bond donors (Lipinski definition) is 1. The van der Waals surface area contributed by atoms with E-state index in [0.29, 0.717) is 31.6 Å². The number of nitrogens with zero attached hydrogens (tertiary/aromatic N) is 1. The van der Waals surface area contributed by atoms with E-state index in [4.69, 9.17) is 9.47 Å². The van der Waals surface area contributed by atoms with Gasteiger partial charge in [-0.25, -0.2) is 4.39 Å². The van der Waals surface area contributed by atoms with Crippen LogP contribution in [0.4, 0.5) is 4.39 Å². The van der Waals surface area contributed by atoms with Crippen LogP contribution in [0.25, 0.3) is 0 Å². The normalized spacial score (nSPS) is 13.8. The van der Waals surface area contributed by atoms with E-state index in [1.54, 1.807) is 18.2 Å². The molecule has 1 unspecified atom stereocenters. The second-order valence-electron chi connectivity index (χ2n) is 6.47. The van der Waals surface area contributed by atoms with Crippen LogP contribution in [-0.4, -0.2) is 29.4 Å². The molecule has 26 heavy (non-hydrogen) atoms. The van der Waals surface area contributed by atoms with Crippen LogP contribution in [0.3, 0.4) is 0 Å². The summed E-state index contributed by atoms with van der Waals surface area (Å²) in [7, 11) is 0. The van der Waals surface area contributed by atoms with Gasteiger partial charge in [0.05, 0.1) is 6.10 Å². The Bertz CT molecular complexity index is 750. The van der Waals surface area contributed by atoms with Gasteiger partial charge in [0, 0.05) is 25.2 Å². The second kappa shape index (κ2) is 8.83. The Morgan fingerprint density at radius 1 is 1.15 bits per heavy atom. The Balaban J connectivity index is 1.73. The Kier molecular flexibility index (Phi) is 6.26. The van der Waals surface area contributed by atoms with E-state index in [1.807, 2.05) is 29.2 Å². The third-order valence-electron chi connectivity index (χ3n) is 4.37. The first kappa shape index (κ1) is 18.4. The molecule has 2 aromatic rings. The lowest BCUT2D eigenvalue weighted by atomic mass is 10.1. The number of benzene rings is 2. The quantitative estimate of drug-likeness (QED) is 0.692. The molecule has 138 valence electrons. The highest BCUT2D eigenvalue weighted by atomic mass is 19.1. The highest BCUT2D eigenvalue weighted by Gasteiger charge is 2.17. The third-order valence-corrected chi connectivity index (χ3v) is 4.37. The number of aliphatic hydroxyl groups excluding tert-OH is 1. The summed E-state index contributed by atoms with van der Waals surface area (Å²) in [4.78, 5) is 2.05. The van der Waals surface area contributed by atoms with Crippen molar-refractivity contribution in [1.29, 1.82) is 0 Å². The summed E-state index contributed by atoms with van der Waals surface area (Å²) in [5.74, 6) is 1.23. The SMILES string of the molecule is C=CCCC(O)CN(Cc1ccc2c(c1)OCO2)Cc1ccccc1F. The van der Waals surface area contributed by atoms with Gasteiger partial charge in [-0.05, 0) is 36.6 Å². The van der Waals surface area contributed by atoms with Crippen LogP contribution in [0.1, 0.15) is 24.0 Å². The van der Waals surface area contributed by atoms with Crippen molar-refractivity contribution in [3.05, 3.63) is 72.1 Å². The van der Waals surface area contributed by atoms with Crippen molar-refractivity contribution in [2.45, 2.75) is 32.0 Å². The van der Waals surface area contributed by atoms with Crippen molar-refractivity contribution in [3.8, 4) is 11.5 Å². The summed E-state index contributed by atoms with van der Waals surface area (Å²) in [6.07, 6.45) is 2.69. The van der Waals surface area contributed by atoms with Gasteiger partial charge in [0.2, 0.25) is 6.79 Å². The summed E-state index contributed by atoms with van der Waals surface area (Å²) in [5.41, 5.74) is 1.64. The van der Waals surface area contributed by atoms with Crippen LogP contribution >= 0.6 is 0 Å². The zero-order valence-electron chi connectivity index (χ0n) is 14.7. The van der Waals surface area contributed by atoms with Crippen LogP contribution < -0.4 is 9.47 Å². The minimum atomic E-state index is -0.492. The molecule has 0 radical (unpaired) electrons. The van der Waals surface area contributed by atoms with Gasteiger partial charge >= 0.3 is 0 Å². The average Bonchev–Trinajstić information content (AvgIpc) is 3.09. The van der Waals surface area contributed by atoms with Gasteiger partial charge < -0.3 is 14.6 Å². The molecule has 4 nitrogen and oxygen atoms in total. The van der Waals surface area contributed by atoms with E-state index in [1.165, 1.54) is 6.07 Å². The molecule has 0 aliphatic carbocycles. The zero-order chi connectivity index (χ0) is 18.4. The van der Waals surface area contributed by atoms with Gasteiger partial charge in [-0.2, -0.15) is 0 Å². The maximum Gasteiger partial charge on any atom is 0.231 e. The predicted molar refractivity (Wildman–Crippen MR) is 98.5 cm³/mol. The lowest BCUT2D eigenvalue weighted by molar-refractivity contribution is 0.0977. The molecule has 0 saturated carbocycles. The smallest absolute Gasteiger partial charge is 0.231 e. The third kappa shape index (κ3) is 4.84. The topological polar surface area (TPSA) is 41.9 Å². The molecule has 5 heteroatoms. The summed E-state index contributed by atoms with van der Waals surface area (Å²) < 4.78 is 24.8. The number of halogens is 1. The lowest BCUT2D eigenvalue weighted by Crippen LogP contribution is -2.32. The molecule has 0 bridgehead atoms. The largest absolute Gasteiger partial charge is 0.454 e. The van der Waals surface area contributed by atoms with Crippen molar-refractivity contribution < 1.29 is 19.0 Å². The highest BCUT2D eigenvalue weighted by molar-refractivity contribution is 5.44.